The van der Waals surface area contributed by atoms with Crippen LogP contribution in [-0.4, -0.2) is 51.9 Å². The van der Waals surface area contributed by atoms with Crippen LogP contribution < -0.4 is 16.6 Å². The van der Waals surface area contributed by atoms with Crippen LogP contribution in [0.25, 0.3) is 5.69 Å². The molecule has 2 heterocycles. The lowest BCUT2D eigenvalue weighted by atomic mass is 10.1. The van der Waals surface area contributed by atoms with Gasteiger partial charge in [-0.15, -0.1) is 0 Å². The monoisotopic (exact) mass is 327 g/mol. The van der Waals surface area contributed by atoms with Gasteiger partial charge in [-0.2, -0.15) is 0 Å². The molecule has 8 heteroatoms. The zero-order valence-electron chi connectivity index (χ0n) is 13.0. The highest BCUT2D eigenvalue weighted by Gasteiger charge is 2.37. The van der Waals surface area contributed by atoms with Crippen molar-refractivity contribution >= 4 is 11.8 Å². The predicted octanol–water partition coefficient (Wildman–Crippen LogP) is -0.870. The number of likely N-dealkylation sites (N-methyl/N-ethyl adjacent to an activating group) is 1. The molecule has 3 N–H and O–H groups in total. The first kappa shape index (κ1) is 15.9. The maximum atomic E-state index is 12.3. The van der Waals surface area contributed by atoms with Crippen molar-refractivity contribution in [3.05, 3.63) is 58.8 Å². The van der Waals surface area contributed by atoms with Gasteiger partial charge in [0.2, 0.25) is 5.91 Å². The molecule has 8 nitrogen and oxygen atoms in total. The molecule has 0 radical (unpaired) electrons. The summed E-state index contributed by atoms with van der Waals surface area (Å²) in [6.45, 7) is 0.410. The third-order valence-corrected chi connectivity index (χ3v) is 3.97. The van der Waals surface area contributed by atoms with Gasteiger partial charge in [-0.25, -0.2) is 0 Å². The standard InChI is InChI=1S/C16H17N5O3/c1-20-9-12(17)14(16(20)24)19-15(23)10-2-4-11(5-3-10)21-7-6-18-8-13(21)22/h2-8,12,14H,9,17H2,1H3,(H,19,23). The van der Waals surface area contributed by atoms with Crippen molar-refractivity contribution in [3.8, 4) is 5.69 Å². The number of carbonyl (C=O) groups excluding carboxylic acids is 2. The number of likely N-dealkylation sites (tertiary alicyclic amines) is 1. The number of benzene rings is 1. The minimum Gasteiger partial charge on any atom is -0.342 e. The van der Waals surface area contributed by atoms with Crippen LogP contribution >= 0.6 is 0 Å². The second kappa shape index (κ2) is 6.25. The Bertz CT molecular complexity index is 830. The molecule has 0 spiro atoms. The van der Waals surface area contributed by atoms with Crippen LogP contribution in [0.3, 0.4) is 0 Å². The van der Waals surface area contributed by atoms with Gasteiger partial charge in [0, 0.05) is 37.2 Å². The Kier molecular flexibility index (Phi) is 4.13. The lowest BCUT2D eigenvalue weighted by Crippen LogP contribution is -2.48. The van der Waals surface area contributed by atoms with E-state index in [2.05, 4.69) is 10.3 Å². The van der Waals surface area contributed by atoms with E-state index in [-0.39, 0.29) is 17.4 Å². The van der Waals surface area contributed by atoms with Gasteiger partial charge >= 0.3 is 0 Å². The highest BCUT2D eigenvalue weighted by Crippen LogP contribution is 2.11. The van der Waals surface area contributed by atoms with Crippen molar-refractivity contribution in [2.45, 2.75) is 12.1 Å². The molecule has 2 aromatic rings. The molecule has 3 rings (SSSR count). The number of nitrogens with two attached hydrogens (primary N) is 1. The van der Waals surface area contributed by atoms with Crippen LogP contribution in [0.5, 0.6) is 0 Å². The van der Waals surface area contributed by atoms with Gasteiger partial charge in [0.15, 0.2) is 0 Å². The fourth-order valence-corrected chi connectivity index (χ4v) is 2.66. The molecule has 1 aliphatic rings. The fraction of sp³-hybridized carbons (Fsp3) is 0.250. The first-order chi connectivity index (χ1) is 11.5. The fourth-order valence-electron chi connectivity index (χ4n) is 2.66. The molecule has 2 atom stereocenters. The summed E-state index contributed by atoms with van der Waals surface area (Å²) in [5.41, 5.74) is 6.62. The largest absolute Gasteiger partial charge is 0.342 e. The predicted molar refractivity (Wildman–Crippen MR) is 86.7 cm³/mol. The maximum Gasteiger partial charge on any atom is 0.273 e. The van der Waals surface area contributed by atoms with Crippen LogP contribution in [-0.2, 0) is 4.79 Å². The number of amides is 2. The molecular formula is C16H17N5O3. The Morgan fingerprint density at radius 2 is 2.00 bits per heavy atom. The second-order valence-electron chi connectivity index (χ2n) is 5.67. The zero-order chi connectivity index (χ0) is 17.3. The molecular weight excluding hydrogens is 310 g/mol. The first-order valence-corrected chi connectivity index (χ1v) is 7.42. The number of nitrogens with zero attached hydrogens (tertiary/aromatic N) is 3. The molecule has 1 aliphatic heterocycles. The minimum absolute atomic E-state index is 0.198. The van der Waals surface area contributed by atoms with Gasteiger partial charge in [0.1, 0.15) is 6.04 Å². The molecule has 124 valence electrons. The van der Waals surface area contributed by atoms with E-state index in [9.17, 15) is 14.4 Å². The van der Waals surface area contributed by atoms with E-state index >= 15 is 0 Å². The number of carbonyl (C=O) groups is 2. The minimum atomic E-state index is -0.718. The average Bonchev–Trinajstić information content (AvgIpc) is 2.82. The summed E-state index contributed by atoms with van der Waals surface area (Å²) in [7, 11) is 1.65. The summed E-state index contributed by atoms with van der Waals surface area (Å²) in [6.07, 6.45) is 4.26. The molecule has 0 saturated carbocycles. The third kappa shape index (κ3) is 2.91. The average molecular weight is 327 g/mol. The number of aromatic nitrogens is 2. The molecule has 2 unspecified atom stereocenters. The van der Waals surface area contributed by atoms with Crippen LogP contribution in [0.15, 0.2) is 47.7 Å². The number of rotatable bonds is 3. The lowest BCUT2D eigenvalue weighted by molar-refractivity contribution is -0.128. The lowest BCUT2D eigenvalue weighted by Gasteiger charge is -2.15. The molecule has 0 aliphatic carbocycles. The topological polar surface area (TPSA) is 110 Å². The first-order valence-electron chi connectivity index (χ1n) is 7.42. The summed E-state index contributed by atoms with van der Waals surface area (Å²) in [4.78, 5) is 41.2. The highest BCUT2D eigenvalue weighted by molar-refractivity contribution is 5.98. The Morgan fingerprint density at radius 3 is 2.58 bits per heavy atom. The third-order valence-electron chi connectivity index (χ3n) is 3.97. The summed E-state index contributed by atoms with van der Waals surface area (Å²) >= 11 is 0. The van der Waals surface area contributed by atoms with Crippen molar-refractivity contribution < 1.29 is 9.59 Å². The van der Waals surface area contributed by atoms with Crippen molar-refractivity contribution in [1.82, 2.24) is 19.8 Å². The van der Waals surface area contributed by atoms with Crippen LogP contribution in [0, 0.1) is 0 Å². The van der Waals surface area contributed by atoms with Crippen molar-refractivity contribution in [2.24, 2.45) is 5.73 Å². The van der Waals surface area contributed by atoms with Crippen LogP contribution in [0.1, 0.15) is 10.4 Å². The van der Waals surface area contributed by atoms with Gasteiger partial charge in [0.05, 0.1) is 12.2 Å². The van der Waals surface area contributed by atoms with Gasteiger partial charge in [-0.05, 0) is 24.3 Å². The molecule has 1 aromatic heterocycles. The normalized spacial score (nSPS) is 20.2. The van der Waals surface area contributed by atoms with E-state index in [0.717, 1.165) is 0 Å². The summed E-state index contributed by atoms with van der Waals surface area (Å²) < 4.78 is 1.42. The Hall–Kier alpha value is -3.00. The van der Waals surface area contributed by atoms with Crippen LogP contribution in [0.2, 0.25) is 0 Å². The van der Waals surface area contributed by atoms with Crippen LogP contribution in [0.4, 0.5) is 0 Å². The Labute approximate surface area is 137 Å². The van der Waals surface area contributed by atoms with Gasteiger partial charge < -0.3 is 16.0 Å². The molecule has 0 bridgehead atoms. The SMILES string of the molecule is CN1CC(N)C(NC(=O)c2ccc(-n3ccncc3=O)cc2)C1=O. The van der Waals surface area contributed by atoms with E-state index in [1.54, 1.807) is 37.5 Å². The number of hydrogen-bond donors (Lipinski definition) is 2. The van der Waals surface area contributed by atoms with Crippen molar-refractivity contribution in [1.29, 1.82) is 0 Å². The van der Waals surface area contributed by atoms with E-state index in [0.29, 0.717) is 17.8 Å². The van der Waals surface area contributed by atoms with Gasteiger partial charge in [-0.3, -0.25) is 23.9 Å². The van der Waals surface area contributed by atoms with Gasteiger partial charge in [0.25, 0.3) is 11.5 Å². The Balaban J connectivity index is 1.76. The second-order valence-corrected chi connectivity index (χ2v) is 5.67. The summed E-state index contributed by atoms with van der Waals surface area (Å²) in [5.74, 6) is -0.580. The van der Waals surface area contributed by atoms with Crippen molar-refractivity contribution in [2.75, 3.05) is 13.6 Å². The number of hydrogen-bond acceptors (Lipinski definition) is 5. The highest BCUT2D eigenvalue weighted by atomic mass is 16.2. The van der Waals surface area contributed by atoms with E-state index in [4.69, 9.17) is 5.73 Å². The smallest absolute Gasteiger partial charge is 0.273 e. The summed E-state index contributed by atoms with van der Waals surface area (Å²) in [5, 5.41) is 2.66. The quantitative estimate of drug-likeness (QED) is 0.761. The van der Waals surface area contributed by atoms with E-state index in [1.807, 2.05) is 0 Å². The maximum absolute atomic E-state index is 12.3. The molecule has 1 fully saturated rings. The summed E-state index contributed by atoms with van der Waals surface area (Å²) in [6, 6.07) is 5.34. The Morgan fingerprint density at radius 1 is 1.29 bits per heavy atom. The molecule has 1 aromatic carbocycles. The molecule has 1 saturated heterocycles. The molecule has 24 heavy (non-hydrogen) atoms. The van der Waals surface area contributed by atoms with E-state index < -0.39 is 12.1 Å². The van der Waals surface area contributed by atoms with Gasteiger partial charge in [-0.1, -0.05) is 0 Å². The van der Waals surface area contributed by atoms with Crippen molar-refractivity contribution in [3.63, 3.8) is 0 Å². The van der Waals surface area contributed by atoms with E-state index in [1.165, 1.54) is 21.9 Å². The number of nitrogens with one attached hydrogen (secondary N) is 1. The zero-order valence-corrected chi connectivity index (χ0v) is 13.0. The molecule has 2 amide bonds.